The minimum absolute atomic E-state index is 0.173. The van der Waals surface area contributed by atoms with Gasteiger partial charge in [0.2, 0.25) is 0 Å². The lowest BCUT2D eigenvalue weighted by Gasteiger charge is -2.20. The first-order chi connectivity index (χ1) is 13.7. The standard InChI is InChI=1S/C15H22O2.C7H6N2O3/c1-5-6-9-12-10-7-8-11-13(12)14(16)17-15(2,3)4;10-7(11)5-1-3-6(4-2-5)8-9-12/h7-8,10-11H,5-6,9H2,1-4H3;1-4H,(H,8,12)(H,10,11). The topological polar surface area (TPSA) is 105 Å². The van der Waals surface area contributed by atoms with Crippen molar-refractivity contribution in [3.8, 4) is 0 Å². The number of carbonyl (C=O) groups is 2. The number of hydrogen-bond acceptors (Lipinski definition) is 5. The van der Waals surface area contributed by atoms with E-state index in [2.05, 4.69) is 17.6 Å². The summed E-state index contributed by atoms with van der Waals surface area (Å²) in [6.07, 6.45) is 3.16. The summed E-state index contributed by atoms with van der Waals surface area (Å²) in [5.74, 6) is -1.22. The van der Waals surface area contributed by atoms with Crippen molar-refractivity contribution in [2.24, 2.45) is 5.29 Å². The van der Waals surface area contributed by atoms with Crippen molar-refractivity contribution in [3.63, 3.8) is 0 Å². The first kappa shape index (κ1) is 23.8. The molecular formula is C22H28N2O5. The number of rotatable bonds is 7. The van der Waals surface area contributed by atoms with Gasteiger partial charge in [0.05, 0.1) is 22.1 Å². The Morgan fingerprint density at radius 2 is 1.69 bits per heavy atom. The fourth-order valence-corrected chi connectivity index (χ4v) is 2.38. The van der Waals surface area contributed by atoms with Crippen LogP contribution in [0.15, 0.2) is 53.8 Å². The van der Waals surface area contributed by atoms with Crippen LogP contribution in [0.25, 0.3) is 0 Å². The third-order valence-corrected chi connectivity index (χ3v) is 3.74. The van der Waals surface area contributed by atoms with Gasteiger partial charge >= 0.3 is 11.9 Å². The van der Waals surface area contributed by atoms with Crippen molar-refractivity contribution in [3.05, 3.63) is 70.1 Å². The van der Waals surface area contributed by atoms with Crippen LogP contribution in [0.5, 0.6) is 0 Å². The number of esters is 1. The highest BCUT2D eigenvalue weighted by atomic mass is 16.6. The number of hydrogen-bond donors (Lipinski definition) is 2. The van der Waals surface area contributed by atoms with Crippen LogP contribution >= 0.6 is 0 Å². The van der Waals surface area contributed by atoms with Gasteiger partial charge in [0.1, 0.15) is 5.60 Å². The second kappa shape index (κ2) is 11.6. The van der Waals surface area contributed by atoms with Crippen molar-refractivity contribution in [2.45, 2.75) is 52.6 Å². The maximum absolute atomic E-state index is 12.0. The maximum Gasteiger partial charge on any atom is 0.338 e. The summed E-state index contributed by atoms with van der Waals surface area (Å²) in [7, 11) is 0. The van der Waals surface area contributed by atoms with Crippen LogP contribution in [0.2, 0.25) is 0 Å². The van der Waals surface area contributed by atoms with E-state index in [4.69, 9.17) is 9.84 Å². The zero-order valence-electron chi connectivity index (χ0n) is 17.3. The average molecular weight is 400 g/mol. The number of nitrogens with one attached hydrogen (secondary N) is 1. The Labute approximate surface area is 171 Å². The predicted molar refractivity (Wildman–Crippen MR) is 113 cm³/mol. The molecule has 29 heavy (non-hydrogen) atoms. The molecule has 0 saturated heterocycles. The zero-order valence-corrected chi connectivity index (χ0v) is 17.3. The van der Waals surface area contributed by atoms with Gasteiger partial charge in [0.25, 0.3) is 0 Å². The highest BCUT2D eigenvalue weighted by Crippen LogP contribution is 2.17. The number of anilines is 1. The summed E-state index contributed by atoms with van der Waals surface area (Å²) in [6.45, 7) is 7.81. The molecule has 2 aromatic rings. The number of nitrogens with zero attached hydrogens (tertiary/aromatic N) is 1. The van der Waals surface area contributed by atoms with Crippen molar-refractivity contribution in [2.75, 3.05) is 5.43 Å². The smallest absolute Gasteiger partial charge is 0.338 e. The predicted octanol–water partition coefficient (Wildman–Crippen LogP) is 5.46. The van der Waals surface area contributed by atoms with E-state index in [1.807, 2.05) is 45.0 Å². The minimum atomic E-state index is -0.999. The molecule has 7 nitrogen and oxygen atoms in total. The number of carboxylic acid groups (broad SMARTS) is 1. The molecule has 0 saturated carbocycles. The molecule has 0 aliphatic heterocycles. The molecule has 0 radical (unpaired) electrons. The lowest BCUT2D eigenvalue weighted by molar-refractivity contribution is 0.00681. The van der Waals surface area contributed by atoms with Crippen LogP contribution in [0.4, 0.5) is 5.69 Å². The Morgan fingerprint density at radius 1 is 1.07 bits per heavy atom. The molecule has 0 fully saturated rings. The third kappa shape index (κ3) is 9.01. The van der Waals surface area contributed by atoms with Gasteiger partial charge in [-0.25, -0.2) is 15.0 Å². The molecule has 0 heterocycles. The van der Waals surface area contributed by atoms with Crippen LogP contribution in [0, 0.1) is 4.91 Å². The molecule has 0 aliphatic carbocycles. The van der Waals surface area contributed by atoms with E-state index in [9.17, 15) is 14.5 Å². The second-order valence-corrected chi connectivity index (χ2v) is 7.35. The summed E-state index contributed by atoms with van der Waals surface area (Å²) < 4.78 is 5.41. The quantitative estimate of drug-likeness (QED) is 0.363. The SMILES string of the molecule is CCCCc1ccccc1C(=O)OC(C)(C)C.O=NNc1ccc(C(=O)O)cc1. The fraction of sp³-hybridized carbons (Fsp3) is 0.364. The molecule has 2 aromatic carbocycles. The summed E-state index contributed by atoms with van der Waals surface area (Å²) in [4.78, 5) is 32.1. The van der Waals surface area contributed by atoms with Gasteiger partial charge in [0, 0.05) is 0 Å². The molecule has 7 heteroatoms. The second-order valence-electron chi connectivity index (χ2n) is 7.35. The van der Waals surface area contributed by atoms with Crippen molar-refractivity contribution in [1.29, 1.82) is 0 Å². The van der Waals surface area contributed by atoms with Gasteiger partial charge in [-0.15, -0.1) is 4.91 Å². The summed E-state index contributed by atoms with van der Waals surface area (Å²) in [5, 5.41) is 10.9. The van der Waals surface area contributed by atoms with Crippen molar-refractivity contribution < 1.29 is 19.4 Å². The number of nitroso groups, excluding NO2 is 1. The molecule has 0 bridgehead atoms. The Balaban J connectivity index is 0.000000308. The molecule has 2 N–H and O–H groups in total. The highest BCUT2D eigenvalue weighted by molar-refractivity contribution is 5.91. The fourth-order valence-electron chi connectivity index (χ4n) is 2.38. The number of aromatic carboxylic acids is 1. The normalized spacial score (nSPS) is 10.3. The molecule has 0 aromatic heterocycles. The van der Waals surface area contributed by atoms with Gasteiger partial charge in [-0.1, -0.05) is 31.5 Å². The highest BCUT2D eigenvalue weighted by Gasteiger charge is 2.19. The zero-order chi connectivity index (χ0) is 21.9. The van der Waals surface area contributed by atoms with Crippen LogP contribution in [0.1, 0.15) is 66.8 Å². The third-order valence-electron chi connectivity index (χ3n) is 3.74. The van der Waals surface area contributed by atoms with Gasteiger partial charge in [-0.2, -0.15) is 0 Å². The first-order valence-electron chi connectivity index (χ1n) is 9.41. The van der Waals surface area contributed by atoms with Gasteiger partial charge in [-0.05, 0) is 69.5 Å². The van der Waals surface area contributed by atoms with E-state index in [0.717, 1.165) is 24.8 Å². The van der Waals surface area contributed by atoms with Gasteiger partial charge < -0.3 is 9.84 Å². The Bertz CT molecular complexity index is 811. The van der Waals surface area contributed by atoms with E-state index in [1.165, 1.54) is 24.3 Å². The summed E-state index contributed by atoms with van der Waals surface area (Å²) in [6, 6.07) is 13.4. The number of benzene rings is 2. The molecular weight excluding hydrogens is 372 g/mol. The van der Waals surface area contributed by atoms with E-state index in [1.54, 1.807) is 0 Å². The molecule has 0 amide bonds. The molecule has 0 spiro atoms. The van der Waals surface area contributed by atoms with Crippen LogP contribution in [-0.4, -0.2) is 22.6 Å². The van der Waals surface area contributed by atoms with Crippen LogP contribution in [0.3, 0.4) is 0 Å². The largest absolute Gasteiger partial charge is 0.478 e. The van der Waals surface area contributed by atoms with Crippen molar-refractivity contribution >= 4 is 17.6 Å². The monoisotopic (exact) mass is 400 g/mol. The van der Waals surface area contributed by atoms with Crippen molar-refractivity contribution in [1.82, 2.24) is 0 Å². The van der Waals surface area contributed by atoms with E-state index in [0.29, 0.717) is 11.3 Å². The molecule has 2 rings (SSSR count). The number of ether oxygens (including phenoxy) is 1. The molecule has 0 unspecified atom stereocenters. The number of carboxylic acids is 1. The number of aryl methyl sites for hydroxylation is 1. The van der Waals surface area contributed by atoms with Gasteiger partial charge in [-0.3, -0.25) is 0 Å². The molecule has 0 aliphatic rings. The Morgan fingerprint density at radius 3 is 2.21 bits per heavy atom. The molecule has 156 valence electrons. The van der Waals surface area contributed by atoms with E-state index in [-0.39, 0.29) is 11.5 Å². The van der Waals surface area contributed by atoms with E-state index >= 15 is 0 Å². The minimum Gasteiger partial charge on any atom is -0.478 e. The average Bonchev–Trinajstić information content (AvgIpc) is 2.66. The Hall–Kier alpha value is -3.22. The molecule has 0 atom stereocenters. The van der Waals surface area contributed by atoms with Crippen LogP contribution in [-0.2, 0) is 11.2 Å². The summed E-state index contributed by atoms with van der Waals surface area (Å²) in [5.41, 5.74) is 4.15. The maximum atomic E-state index is 12.0. The van der Waals surface area contributed by atoms with Gasteiger partial charge in [0.15, 0.2) is 0 Å². The van der Waals surface area contributed by atoms with E-state index < -0.39 is 11.6 Å². The number of carbonyl (C=O) groups excluding carboxylic acids is 1. The van der Waals surface area contributed by atoms with Crippen LogP contribution < -0.4 is 5.43 Å². The Kier molecular flexibility index (Phi) is 9.51. The summed E-state index contributed by atoms with van der Waals surface area (Å²) >= 11 is 0. The first-order valence-corrected chi connectivity index (χ1v) is 9.41. The number of unbranched alkanes of at least 4 members (excludes halogenated alkanes) is 1. The lowest BCUT2D eigenvalue weighted by atomic mass is 10.0. The lowest BCUT2D eigenvalue weighted by Crippen LogP contribution is -2.24.